The zero-order valence-corrected chi connectivity index (χ0v) is 20.6. The van der Waals surface area contributed by atoms with E-state index < -0.39 is 23.1 Å². The molecule has 0 aliphatic carbocycles. The molecule has 0 bridgehead atoms. The maximum atomic E-state index is 11.9. The first-order valence-electron chi connectivity index (χ1n) is 11.3. The third-order valence-electron chi connectivity index (χ3n) is 4.98. The molecular formula is C24H30N4O8. The molecule has 0 atom stereocenters. The van der Waals surface area contributed by atoms with Crippen molar-refractivity contribution in [1.29, 1.82) is 0 Å². The van der Waals surface area contributed by atoms with Gasteiger partial charge >= 0.3 is 23.1 Å². The summed E-state index contributed by atoms with van der Waals surface area (Å²) in [5.74, 6) is -1.45. The number of nitrogens with one attached hydrogen (secondary N) is 2. The number of aliphatic imine (C=N–C) groups is 2. The third kappa shape index (κ3) is 7.93. The smallest absolute Gasteiger partial charge is 0.348 e. The van der Waals surface area contributed by atoms with Crippen LogP contribution in [0.1, 0.15) is 49.3 Å². The molecule has 2 aromatic rings. The monoisotopic (exact) mass is 502 g/mol. The zero-order valence-electron chi connectivity index (χ0n) is 20.6. The first-order chi connectivity index (χ1) is 17.0. The molecule has 0 aliphatic heterocycles. The molecular weight excluding hydrogens is 472 g/mol. The van der Waals surface area contributed by atoms with Gasteiger partial charge < -0.3 is 29.7 Å². The van der Waals surface area contributed by atoms with Crippen LogP contribution in [0, 0.1) is 13.8 Å². The SMILES string of the molecule is CC(=NCCCNC(=O)C(=O)NCCCN=C(C)c1c(O)cc(C)oc1=O)c1c(O)cc(C)oc1=O. The quantitative estimate of drug-likeness (QED) is 0.210. The van der Waals surface area contributed by atoms with E-state index in [0.717, 1.165) is 0 Å². The van der Waals surface area contributed by atoms with Crippen molar-refractivity contribution in [3.05, 3.63) is 55.6 Å². The van der Waals surface area contributed by atoms with Crippen LogP contribution in [0.3, 0.4) is 0 Å². The minimum absolute atomic E-state index is 0.0114. The molecule has 2 rings (SSSR count). The Labute approximate surface area is 206 Å². The third-order valence-corrected chi connectivity index (χ3v) is 4.98. The van der Waals surface area contributed by atoms with Gasteiger partial charge in [0.15, 0.2) is 0 Å². The second-order valence-electron chi connectivity index (χ2n) is 7.96. The highest BCUT2D eigenvalue weighted by Crippen LogP contribution is 2.16. The van der Waals surface area contributed by atoms with Gasteiger partial charge in [-0.3, -0.25) is 19.6 Å². The highest BCUT2D eigenvalue weighted by atomic mass is 16.4. The van der Waals surface area contributed by atoms with Crippen LogP contribution in [0.5, 0.6) is 11.5 Å². The van der Waals surface area contributed by atoms with Gasteiger partial charge in [-0.25, -0.2) is 9.59 Å². The Hall–Kier alpha value is -4.22. The van der Waals surface area contributed by atoms with Crippen LogP contribution in [0.15, 0.2) is 40.5 Å². The predicted molar refractivity (Wildman–Crippen MR) is 132 cm³/mol. The molecule has 4 N–H and O–H groups in total. The lowest BCUT2D eigenvalue weighted by atomic mass is 10.1. The molecule has 2 amide bonds. The van der Waals surface area contributed by atoms with Gasteiger partial charge in [0.25, 0.3) is 0 Å². The van der Waals surface area contributed by atoms with Gasteiger partial charge in [-0.2, -0.15) is 0 Å². The minimum atomic E-state index is -0.797. The second-order valence-corrected chi connectivity index (χ2v) is 7.96. The van der Waals surface area contributed by atoms with Gasteiger partial charge in [0.2, 0.25) is 0 Å². The number of rotatable bonds is 10. The lowest BCUT2D eigenvalue weighted by molar-refractivity contribution is -0.139. The van der Waals surface area contributed by atoms with Crippen molar-refractivity contribution in [2.75, 3.05) is 26.2 Å². The molecule has 0 fully saturated rings. The molecule has 2 aromatic heterocycles. The maximum Gasteiger partial charge on any atom is 0.348 e. The molecule has 2 heterocycles. The summed E-state index contributed by atoms with van der Waals surface area (Å²) in [7, 11) is 0. The van der Waals surface area contributed by atoms with Crippen molar-refractivity contribution in [2.45, 2.75) is 40.5 Å². The normalized spacial score (nSPS) is 11.9. The molecule has 0 saturated heterocycles. The zero-order chi connectivity index (χ0) is 26.8. The minimum Gasteiger partial charge on any atom is -0.507 e. The Morgan fingerprint density at radius 2 is 1.14 bits per heavy atom. The molecule has 12 nitrogen and oxygen atoms in total. The lowest BCUT2D eigenvalue weighted by Crippen LogP contribution is -2.40. The summed E-state index contributed by atoms with van der Waals surface area (Å²) < 4.78 is 9.91. The first-order valence-corrected chi connectivity index (χ1v) is 11.3. The van der Waals surface area contributed by atoms with E-state index >= 15 is 0 Å². The largest absolute Gasteiger partial charge is 0.507 e. The fourth-order valence-electron chi connectivity index (χ4n) is 3.23. The number of carbonyl (C=O) groups is 2. The van der Waals surface area contributed by atoms with Crippen LogP contribution in [-0.4, -0.2) is 59.6 Å². The number of amides is 2. The Bertz CT molecular complexity index is 1190. The molecule has 0 radical (unpaired) electrons. The van der Waals surface area contributed by atoms with Crippen molar-refractivity contribution in [3.63, 3.8) is 0 Å². The van der Waals surface area contributed by atoms with Gasteiger partial charge in [-0.05, 0) is 40.5 Å². The van der Waals surface area contributed by atoms with E-state index in [9.17, 15) is 29.4 Å². The van der Waals surface area contributed by atoms with E-state index in [1.54, 1.807) is 27.7 Å². The van der Waals surface area contributed by atoms with E-state index in [4.69, 9.17) is 8.83 Å². The summed E-state index contributed by atoms with van der Waals surface area (Å²) in [6.45, 7) is 7.11. The Morgan fingerprint density at radius 3 is 1.47 bits per heavy atom. The van der Waals surface area contributed by atoms with E-state index in [-0.39, 0.29) is 60.3 Å². The van der Waals surface area contributed by atoms with Gasteiger partial charge in [0.1, 0.15) is 34.1 Å². The van der Waals surface area contributed by atoms with Crippen LogP contribution in [0.25, 0.3) is 0 Å². The fraction of sp³-hybridized carbons (Fsp3) is 0.417. The van der Waals surface area contributed by atoms with Gasteiger partial charge in [0, 0.05) is 38.3 Å². The summed E-state index contributed by atoms with van der Waals surface area (Å²) in [5, 5.41) is 24.8. The average Bonchev–Trinajstić information content (AvgIpc) is 2.76. The fourth-order valence-corrected chi connectivity index (χ4v) is 3.23. The number of hydrogen-bond donors (Lipinski definition) is 4. The summed E-state index contributed by atoms with van der Waals surface area (Å²) in [5.41, 5.74) is -0.772. The van der Waals surface area contributed by atoms with E-state index in [1.165, 1.54) is 12.1 Å². The van der Waals surface area contributed by atoms with Crippen molar-refractivity contribution < 1.29 is 28.6 Å². The number of carbonyl (C=O) groups excluding carboxylic acids is 2. The first kappa shape index (κ1) is 28.0. The van der Waals surface area contributed by atoms with Crippen molar-refractivity contribution in [3.8, 4) is 11.5 Å². The van der Waals surface area contributed by atoms with Crippen LogP contribution in [0.2, 0.25) is 0 Å². The molecule has 12 heteroatoms. The summed E-state index contributed by atoms with van der Waals surface area (Å²) in [4.78, 5) is 55.9. The van der Waals surface area contributed by atoms with E-state index in [1.807, 2.05) is 0 Å². The molecule has 194 valence electrons. The molecule has 0 aliphatic rings. The van der Waals surface area contributed by atoms with E-state index in [0.29, 0.717) is 24.3 Å². The molecule has 0 saturated carbocycles. The van der Waals surface area contributed by atoms with Gasteiger partial charge in [-0.15, -0.1) is 0 Å². The number of aryl methyl sites for hydroxylation is 2. The van der Waals surface area contributed by atoms with Crippen LogP contribution < -0.4 is 21.9 Å². The topological polar surface area (TPSA) is 184 Å². The summed E-state index contributed by atoms with van der Waals surface area (Å²) in [6, 6.07) is 2.66. The van der Waals surface area contributed by atoms with Gasteiger partial charge in [-0.1, -0.05) is 0 Å². The second kappa shape index (κ2) is 13.0. The number of nitrogens with zero attached hydrogens (tertiary/aromatic N) is 2. The molecule has 0 spiro atoms. The summed E-state index contributed by atoms with van der Waals surface area (Å²) in [6.07, 6.45) is 0.810. The molecule has 0 unspecified atom stereocenters. The van der Waals surface area contributed by atoms with Gasteiger partial charge in [0.05, 0.1) is 11.4 Å². The lowest BCUT2D eigenvalue weighted by Gasteiger charge is -2.06. The van der Waals surface area contributed by atoms with Crippen molar-refractivity contribution >= 4 is 23.2 Å². The Balaban J connectivity index is 1.70. The summed E-state index contributed by atoms with van der Waals surface area (Å²) >= 11 is 0. The Morgan fingerprint density at radius 1 is 0.778 bits per heavy atom. The van der Waals surface area contributed by atoms with Crippen LogP contribution in [-0.2, 0) is 9.59 Å². The highest BCUT2D eigenvalue weighted by Gasteiger charge is 2.14. The van der Waals surface area contributed by atoms with Crippen molar-refractivity contribution in [2.24, 2.45) is 9.98 Å². The predicted octanol–water partition coefficient (Wildman–Crippen LogP) is 0.952. The standard InChI is InChI=1S/C24H30N4O8/c1-13-11-17(29)19(23(33)35-13)15(3)25-7-5-9-27-21(31)22(32)28-10-6-8-26-16(4)20-18(30)12-14(2)36-24(20)34/h11-12,29-30H,5-10H2,1-4H3,(H,27,31)(H,28,32). The number of hydrogen-bond acceptors (Lipinski definition) is 10. The van der Waals surface area contributed by atoms with Crippen LogP contribution >= 0.6 is 0 Å². The molecule has 36 heavy (non-hydrogen) atoms. The van der Waals surface area contributed by atoms with Crippen molar-refractivity contribution in [1.82, 2.24) is 10.6 Å². The van der Waals surface area contributed by atoms with Crippen LogP contribution in [0.4, 0.5) is 0 Å². The average molecular weight is 503 g/mol. The van der Waals surface area contributed by atoms with E-state index in [2.05, 4.69) is 20.6 Å². The maximum absolute atomic E-state index is 11.9. The number of aromatic hydroxyl groups is 2. The molecule has 0 aromatic carbocycles. The Kier molecular flexibility index (Phi) is 10.1. The highest BCUT2D eigenvalue weighted by molar-refractivity contribution is 6.35.